The van der Waals surface area contributed by atoms with Crippen LogP contribution in [0.3, 0.4) is 0 Å². The third kappa shape index (κ3) is 3.32. The highest BCUT2D eigenvalue weighted by Gasteiger charge is 2.23. The van der Waals surface area contributed by atoms with Crippen LogP contribution in [0.4, 0.5) is 0 Å². The number of nitrogens with zero attached hydrogens (tertiary/aromatic N) is 2. The summed E-state index contributed by atoms with van der Waals surface area (Å²) in [4.78, 5) is 0. The lowest BCUT2D eigenvalue weighted by atomic mass is 10.00. The summed E-state index contributed by atoms with van der Waals surface area (Å²) >= 11 is 6.32. The Hall–Kier alpha value is -1.42. The Morgan fingerprint density at radius 2 is 1.86 bits per heavy atom. The summed E-state index contributed by atoms with van der Waals surface area (Å²) in [6.45, 7) is 5.76. The maximum absolute atomic E-state index is 6.32. The first kappa shape index (κ1) is 15.5. The van der Waals surface area contributed by atoms with Crippen LogP contribution in [0.15, 0.2) is 17.2 Å². The van der Waals surface area contributed by atoms with Crippen molar-refractivity contribution >= 4 is 17.8 Å². The van der Waals surface area contributed by atoms with Crippen molar-refractivity contribution in [3.63, 3.8) is 0 Å². The van der Waals surface area contributed by atoms with Crippen LogP contribution in [-0.4, -0.2) is 36.5 Å². The first-order valence-electron chi connectivity index (χ1n) is 8.06. The molecule has 2 aliphatic heterocycles. The minimum absolute atomic E-state index is 0.482. The van der Waals surface area contributed by atoms with E-state index in [1.807, 2.05) is 18.3 Å². The fraction of sp³-hybridized carbons (Fsp3) is 0.588. The largest absolute Gasteiger partial charge is 0.489 e. The van der Waals surface area contributed by atoms with E-state index < -0.39 is 0 Å². The molecule has 0 aliphatic carbocycles. The molecule has 0 bridgehead atoms. The molecule has 120 valence electrons. The molecule has 1 saturated heterocycles. The fourth-order valence-corrected chi connectivity index (χ4v) is 3.37. The van der Waals surface area contributed by atoms with Gasteiger partial charge in [-0.15, -0.1) is 0 Å². The molecule has 0 amide bonds. The van der Waals surface area contributed by atoms with Gasteiger partial charge < -0.3 is 9.47 Å². The number of benzene rings is 1. The highest BCUT2D eigenvalue weighted by atomic mass is 35.5. The van der Waals surface area contributed by atoms with Crippen molar-refractivity contribution in [3.8, 4) is 11.5 Å². The van der Waals surface area contributed by atoms with Crippen LogP contribution < -0.4 is 9.47 Å². The summed E-state index contributed by atoms with van der Waals surface area (Å²) in [5.74, 6) is 1.36. The van der Waals surface area contributed by atoms with Gasteiger partial charge in [0.25, 0.3) is 0 Å². The average molecular weight is 323 g/mol. The summed E-state index contributed by atoms with van der Waals surface area (Å²) in [7, 11) is 0. The Labute approximate surface area is 137 Å². The van der Waals surface area contributed by atoms with Crippen LogP contribution in [0.5, 0.6) is 11.5 Å². The lowest BCUT2D eigenvalue weighted by Crippen LogP contribution is -2.39. The smallest absolute Gasteiger partial charge is 0.179 e. The van der Waals surface area contributed by atoms with Crippen molar-refractivity contribution in [2.24, 2.45) is 5.10 Å². The molecule has 0 N–H and O–H groups in total. The highest BCUT2D eigenvalue weighted by Crippen LogP contribution is 2.37. The van der Waals surface area contributed by atoms with Crippen LogP contribution in [0.2, 0.25) is 5.02 Å². The van der Waals surface area contributed by atoms with Crippen molar-refractivity contribution in [1.29, 1.82) is 0 Å². The summed E-state index contributed by atoms with van der Waals surface area (Å²) in [5, 5.41) is 7.46. The molecule has 3 rings (SSSR count). The maximum atomic E-state index is 6.32. The zero-order valence-electron chi connectivity index (χ0n) is 13.2. The lowest BCUT2D eigenvalue weighted by Gasteiger charge is -2.36. The highest BCUT2D eigenvalue weighted by molar-refractivity contribution is 6.32. The molecule has 2 aliphatic rings. The van der Waals surface area contributed by atoms with Crippen LogP contribution >= 0.6 is 11.6 Å². The third-order valence-corrected chi connectivity index (χ3v) is 4.59. The van der Waals surface area contributed by atoms with Crippen LogP contribution in [0.1, 0.15) is 45.1 Å². The summed E-state index contributed by atoms with van der Waals surface area (Å²) in [6, 6.07) is 4.81. The molecular weight excluding hydrogens is 300 g/mol. The van der Waals surface area contributed by atoms with Crippen molar-refractivity contribution in [2.45, 2.75) is 51.6 Å². The summed E-state index contributed by atoms with van der Waals surface area (Å²) < 4.78 is 11.4. The van der Waals surface area contributed by atoms with Gasteiger partial charge in [0.15, 0.2) is 11.5 Å². The first-order chi connectivity index (χ1) is 10.6. The molecule has 0 saturated carbocycles. The van der Waals surface area contributed by atoms with Gasteiger partial charge in [-0.1, -0.05) is 11.6 Å². The average Bonchev–Trinajstić information content (AvgIpc) is 2.72. The predicted molar refractivity (Wildman–Crippen MR) is 89.3 cm³/mol. The number of ether oxygens (including phenoxy) is 2. The molecule has 0 radical (unpaired) electrons. The minimum Gasteiger partial charge on any atom is -0.489 e. The normalized spacial score (nSPS) is 25.3. The molecule has 4 nitrogen and oxygen atoms in total. The Balaban J connectivity index is 1.81. The number of hydrogen-bond donors (Lipinski definition) is 0. The van der Waals surface area contributed by atoms with Gasteiger partial charge in [0.05, 0.1) is 24.5 Å². The number of piperidine rings is 1. The van der Waals surface area contributed by atoms with Gasteiger partial charge in [-0.05, 0) is 50.8 Å². The second kappa shape index (κ2) is 6.78. The fourth-order valence-electron chi connectivity index (χ4n) is 3.09. The van der Waals surface area contributed by atoms with E-state index >= 15 is 0 Å². The number of hydrazone groups is 1. The molecule has 0 unspecified atom stereocenters. The van der Waals surface area contributed by atoms with E-state index in [1.165, 1.54) is 19.3 Å². The molecule has 22 heavy (non-hydrogen) atoms. The SMILES string of the molecule is C[C@H]1CCC[C@H](C)N1/N=C\c1cc(Cl)c2c(c1)OCCCO2. The van der Waals surface area contributed by atoms with Gasteiger partial charge in [-0.25, -0.2) is 0 Å². The Bertz CT molecular complexity index is 552. The quantitative estimate of drug-likeness (QED) is 0.769. The monoisotopic (exact) mass is 322 g/mol. The minimum atomic E-state index is 0.482. The van der Waals surface area contributed by atoms with E-state index in [4.69, 9.17) is 21.1 Å². The van der Waals surface area contributed by atoms with E-state index in [-0.39, 0.29) is 0 Å². The predicted octanol–water partition coefficient (Wildman–Crippen LogP) is 4.10. The number of fused-ring (bicyclic) bond motifs is 1. The molecule has 2 heterocycles. The van der Waals surface area contributed by atoms with E-state index in [0.29, 0.717) is 41.8 Å². The van der Waals surface area contributed by atoms with E-state index in [9.17, 15) is 0 Å². The molecule has 2 atom stereocenters. The molecule has 1 fully saturated rings. The van der Waals surface area contributed by atoms with Crippen LogP contribution in [0.25, 0.3) is 0 Å². The molecular formula is C17H23ClN2O2. The number of hydrogen-bond acceptors (Lipinski definition) is 4. The number of halogens is 1. The Morgan fingerprint density at radius 3 is 2.64 bits per heavy atom. The lowest BCUT2D eigenvalue weighted by molar-refractivity contribution is 0.109. The van der Waals surface area contributed by atoms with Crippen LogP contribution in [-0.2, 0) is 0 Å². The maximum Gasteiger partial charge on any atom is 0.179 e. The zero-order chi connectivity index (χ0) is 15.5. The molecule has 0 spiro atoms. The molecule has 5 heteroatoms. The van der Waals surface area contributed by atoms with Crippen molar-refractivity contribution < 1.29 is 9.47 Å². The zero-order valence-corrected chi connectivity index (χ0v) is 14.0. The topological polar surface area (TPSA) is 34.1 Å². The van der Waals surface area contributed by atoms with Crippen molar-refractivity contribution in [2.75, 3.05) is 13.2 Å². The van der Waals surface area contributed by atoms with Gasteiger partial charge in [0.1, 0.15) is 0 Å². The van der Waals surface area contributed by atoms with Gasteiger partial charge in [-0.3, -0.25) is 5.01 Å². The van der Waals surface area contributed by atoms with E-state index in [0.717, 1.165) is 12.0 Å². The van der Waals surface area contributed by atoms with Crippen molar-refractivity contribution in [3.05, 3.63) is 22.7 Å². The standard InChI is InChI=1S/C17H23ClN2O2/c1-12-5-3-6-13(2)20(12)19-11-14-9-15(18)17-16(10-14)21-7-4-8-22-17/h9-13H,3-8H2,1-2H3/b19-11-/t12-,13-/m0/s1. The Morgan fingerprint density at radius 1 is 1.14 bits per heavy atom. The van der Waals surface area contributed by atoms with Gasteiger partial charge in [0.2, 0.25) is 0 Å². The van der Waals surface area contributed by atoms with E-state index in [2.05, 4.69) is 24.0 Å². The van der Waals surface area contributed by atoms with E-state index in [1.54, 1.807) is 0 Å². The molecule has 0 aromatic heterocycles. The molecule has 1 aromatic rings. The molecule has 1 aromatic carbocycles. The second-order valence-electron chi connectivity index (χ2n) is 6.13. The van der Waals surface area contributed by atoms with Gasteiger partial charge >= 0.3 is 0 Å². The van der Waals surface area contributed by atoms with Crippen molar-refractivity contribution in [1.82, 2.24) is 5.01 Å². The third-order valence-electron chi connectivity index (χ3n) is 4.31. The second-order valence-corrected chi connectivity index (χ2v) is 6.54. The summed E-state index contributed by atoms with van der Waals surface area (Å²) in [6.07, 6.45) is 6.42. The Kier molecular flexibility index (Phi) is 4.77. The van der Waals surface area contributed by atoms with Gasteiger partial charge in [0, 0.05) is 18.5 Å². The van der Waals surface area contributed by atoms with Crippen LogP contribution in [0, 0.1) is 0 Å². The van der Waals surface area contributed by atoms with Gasteiger partial charge in [-0.2, -0.15) is 5.10 Å². The number of rotatable bonds is 2. The first-order valence-corrected chi connectivity index (χ1v) is 8.44. The summed E-state index contributed by atoms with van der Waals surface area (Å²) in [5.41, 5.74) is 0.944.